The van der Waals surface area contributed by atoms with Gasteiger partial charge in [0, 0.05) is 44.4 Å². The number of hydrogen-bond donors (Lipinski definition) is 1. The zero-order valence-corrected chi connectivity index (χ0v) is 17.6. The molecular formula is C24H22N6O. The maximum atomic E-state index is 12.9. The van der Waals surface area contributed by atoms with Gasteiger partial charge in [0.15, 0.2) is 5.78 Å². The number of Topliss-reactive ketones (excluding diaryl/α,β-unsaturated/α-hetero) is 1. The average Bonchev–Trinajstić information content (AvgIpc) is 3.37. The fraction of sp³-hybridized carbons (Fsp3) is 0.167. The number of H-pyrrole nitrogens is 1. The van der Waals surface area contributed by atoms with Gasteiger partial charge >= 0.3 is 0 Å². The van der Waals surface area contributed by atoms with Crippen LogP contribution >= 0.6 is 0 Å². The summed E-state index contributed by atoms with van der Waals surface area (Å²) in [6.45, 7) is 0. The summed E-state index contributed by atoms with van der Waals surface area (Å²) in [6, 6.07) is 19.7. The highest BCUT2D eigenvalue weighted by atomic mass is 16.1. The van der Waals surface area contributed by atoms with Gasteiger partial charge in [0.2, 0.25) is 0 Å². The number of carbonyl (C=O) groups is 1. The number of anilines is 1. The molecule has 0 saturated heterocycles. The van der Waals surface area contributed by atoms with E-state index in [1.165, 1.54) is 0 Å². The molecule has 31 heavy (non-hydrogen) atoms. The van der Waals surface area contributed by atoms with Crippen molar-refractivity contribution < 1.29 is 4.79 Å². The van der Waals surface area contributed by atoms with Crippen molar-refractivity contribution in [2.24, 2.45) is 7.05 Å². The molecule has 0 amide bonds. The molecular weight excluding hydrogens is 388 g/mol. The highest BCUT2D eigenvalue weighted by molar-refractivity contribution is 6.00. The molecule has 0 radical (unpaired) electrons. The predicted molar refractivity (Wildman–Crippen MR) is 122 cm³/mol. The van der Waals surface area contributed by atoms with E-state index in [0.717, 1.165) is 44.7 Å². The lowest BCUT2D eigenvalue weighted by molar-refractivity contribution is 0.0993. The molecule has 0 spiro atoms. The molecule has 0 aliphatic carbocycles. The van der Waals surface area contributed by atoms with Gasteiger partial charge < -0.3 is 9.88 Å². The van der Waals surface area contributed by atoms with Gasteiger partial charge in [-0.2, -0.15) is 0 Å². The largest absolute Gasteiger partial charge is 0.378 e. The number of fused-ring (bicyclic) bond motifs is 2. The van der Waals surface area contributed by atoms with Crippen molar-refractivity contribution in [3.8, 4) is 11.4 Å². The molecule has 0 fully saturated rings. The molecule has 3 aromatic carbocycles. The summed E-state index contributed by atoms with van der Waals surface area (Å²) in [4.78, 5) is 23.0. The molecule has 154 valence electrons. The van der Waals surface area contributed by atoms with Crippen LogP contribution in [-0.2, 0) is 13.5 Å². The van der Waals surface area contributed by atoms with Crippen LogP contribution in [0.2, 0.25) is 0 Å². The van der Waals surface area contributed by atoms with Crippen molar-refractivity contribution in [2.75, 3.05) is 19.0 Å². The Morgan fingerprint density at radius 1 is 1.00 bits per heavy atom. The van der Waals surface area contributed by atoms with E-state index in [-0.39, 0.29) is 5.78 Å². The number of hydrogen-bond acceptors (Lipinski definition) is 5. The highest BCUT2D eigenvalue weighted by Gasteiger charge is 2.12. The lowest BCUT2D eigenvalue weighted by Crippen LogP contribution is -2.07. The quantitative estimate of drug-likeness (QED) is 0.443. The number of aryl methyl sites for hydroxylation is 1. The minimum atomic E-state index is 0.0569. The van der Waals surface area contributed by atoms with Gasteiger partial charge in [0.25, 0.3) is 0 Å². The molecule has 7 nitrogen and oxygen atoms in total. The zero-order chi connectivity index (χ0) is 21.5. The molecule has 0 saturated carbocycles. The Bertz CT molecular complexity index is 1410. The first-order chi connectivity index (χ1) is 15.0. The summed E-state index contributed by atoms with van der Waals surface area (Å²) in [7, 11) is 5.86. The summed E-state index contributed by atoms with van der Waals surface area (Å²) >= 11 is 0. The first-order valence-electron chi connectivity index (χ1n) is 10.1. The SMILES string of the molecule is CN(C)c1ccc(-c2nc3ccc(CC(=O)c4ccc5nnn(C)c5c4)cc3[nH]2)cc1. The zero-order valence-electron chi connectivity index (χ0n) is 17.6. The van der Waals surface area contributed by atoms with Crippen LogP contribution in [0.5, 0.6) is 0 Å². The minimum Gasteiger partial charge on any atom is -0.378 e. The van der Waals surface area contributed by atoms with E-state index in [4.69, 9.17) is 4.98 Å². The summed E-state index contributed by atoms with van der Waals surface area (Å²) in [6.07, 6.45) is 0.318. The normalized spacial score (nSPS) is 11.3. The lowest BCUT2D eigenvalue weighted by Gasteiger charge is -2.11. The Labute approximate surface area is 179 Å². The number of aromatic nitrogens is 5. The van der Waals surface area contributed by atoms with Gasteiger partial charge in [-0.1, -0.05) is 11.3 Å². The van der Waals surface area contributed by atoms with E-state index in [1.807, 2.05) is 57.5 Å². The van der Waals surface area contributed by atoms with Gasteiger partial charge in [0.1, 0.15) is 11.3 Å². The minimum absolute atomic E-state index is 0.0569. The molecule has 0 aliphatic heterocycles. The molecule has 1 N–H and O–H groups in total. The van der Waals surface area contributed by atoms with E-state index in [2.05, 4.69) is 44.5 Å². The summed E-state index contributed by atoms with van der Waals surface area (Å²) < 4.78 is 1.68. The summed E-state index contributed by atoms with van der Waals surface area (Å²) in [5.41, 5.74) is 7.19. The Morgan fingerprint density at radius 2 is 1.77 bits per heavy atom. The van der Waals surface area contributed by atoms with Crippen LogP contribution in [0.15, 0.2) is 60.7 Å². The van der Waals surface area contributed by atoms with Crippen LogP contribution in [0.4, 0.5) is 5.69 Å². The number of ketones is 1. The third-order valence-corrected chi connectivity index (χ3v) is 5.50. The van der Waals surface area contributed by atoms with E-state index in [1.54, 1.807) is 4.68 Å². The van der Waals surface area contributed by atoms with Gasteiger partial charge in [-0.05, 0) is 60.2 Å². The first kappa shape index (κ1) is 19.0. The van der Waals surface area contributed by atoms with Crippen molar-refractivity contribution >= 4 is 33.5 Å². The molecule has 0 unspecified atom stereocenters. The molecule has 7 heteroatoms. The fourth-order valence-electron chi connectivity index (χ4n) is 3.71. The molecule has 0 atom stereocenters. The molecule has 5 aromatic rings. The van der Waals surface area contributed by atoms with Crippen molar-refractivity contribution in [3.05, 3.63) is 71.8 Å². The number of carbonyl (C=O) groups excluding carboxylic acids is 1. The standard InChI is InChI=1S/C24H22N6O/c1-29(2)18-8-5-16(6-9-18)24-25-19-10-4-15(12-21(19)26-24)13-23(31)17-7-11-20-22(14-17)30(3)28-27-20/h4-12,14H,13H2,1-3H3,(H,25,26). The van der Waals surface area contributed by atoms with Crippen LogP contribution in [-0.4, -0.2) is 44.8 Å². The van der Waals surface area contributed by atoms with E-state index in [9.17, 15) is 4.79 Å². The number of aromatic amines is 1. The maximum absolute atomic E-state index is 12.9. The Kier molecular flexibility index (Phi) is 4.51. The summed E-state index contributed by atoms with van der Waals surface area (Å²) in [5.74, 6) is 0.874. The lowest BCUT2D eigenvalue weighted by atomic mass is 10.0. The number of nitrogens with one attached hydrogen (secondary N) is 1. The second-order valence-electron chi connectivity index (χ2n) is 7.89. The van der Waals surface area contributed by atoms with E-state index in [0.29, 0.717) is 12.0 Å². The summed E-state index contributed by atoms with van der Waals surface area (Å²) in [5, 5.41) is 8.06. The van der Waals surface area contributed by atoms with Crippen molar-refractivity contribution in [2.45, 2.75) is 6.42 Å². The smallest absolute Gasteiger partial charge is 0.167 e. The molecule has 2 aromatic heterocycles. The van der Waals surface area contributed by atoms with Gasteiger partial charge in [-0.15, -0.1) is 5.10 Å². The monoisotopic (exact) mass is 410 g/mol. The third-order valence-electron chi connectivity index (χ3n) is 5.50. The maximum Gasteiger partial charge on any atom is 0.167 e. The Hall–Kier alpha value is -4.00. The molecule has 5 rings (SSSR count). The van der Waals surface area contributed by atoms with Gasteiger partial charge in [-0.3, -0.25) is 4.79 Å². The van der Waals surface area contributed by atoms with Crippen LogP contribution < -0.4 is 4.90 Å². The number of benzene rings is 3. The molecule has 0 bridgehead atoms. The second-order valence-corrected chi connectivity index (χ2v) is 7.89. The Morgan fingerprint density at radius 3 is 2.55 bits per heavy atom. The van der Waals surface area contributed by atoms with Crippen LogP contribution in [0, 0.1) is 0 Å². The fourth-order valence-corrected chi connectivity index (χ4v) is 3.71. The van der Waals surface area contributed by atoms with Crippen molar-refractivity contribution in [1.29, 1.82) is 0 Å². The van der Waals surface area contributed by atoms with Crippen LogP contribution in [0.3, 0.4) is 0 Å². The first-order valence-corrected chi connectivity index (χ1v) is 10.1. The third kappa shape index (κ3) is 3.54. The number of rotatable bonds is 5. The van der Waals surface area contributed by atoms with Crippen molar-refractivity contribution in [3.63, 3.8) is 0 Å². The van der Waals surface area contributed by atoms with Gasteiger partial charge in [-0.25, -0.2) is 9.67 Å². The van der Waals surface area contributed by atoms with E-state index >= 15 is 0 Å². The molecule has 2 heterocycles. The van der Waals surface area contributed by atoms with Crippen LogP contribution in [0.25, 0.3) is 33.5 Å². The predicted octanol–water partition coefficient (Wildman–Crippen LogP) is 4.00. The highest BCUT2D eigenvalue weighted by Crippen LogP contribution is 2.24. The number of nitrogens with zero attached hydrogens (tertiary/aromatic N) is 5. The van der Waals surface area contributed by atoms with Gasteiger partial charge in [0.05, 0.1) is 16.6 Å². The topological polar surface area (TPSA) is 79.7 Å². The molecule has 0 aliphatic rings. The van der Waals surface area contributed by atoms with E-state index < -0.39 is 0 Å². The Balaban J connectivity index is 1.40. The second kappa shape index (κ2) is 7.36. The average molecular weight is 410 g/mol. The van der Waals surface area contributed by atoms with Crippen molar-refractivity contribution in [1.82, 2.24) is 25.0 Å². The number of imidazole rings is 1. The van der Waals surface area contributed by atoms with Crippen LogP contribution in [0.1, 0.15) is 15.9 Å².